The Morgan fingerprint density at radius 1 is 1.33 bits per heavy atom. The number of rotatable bonds is 5. The Labute approximate surface area is 158 Å². The molecule has 3 heterocycles. The van der Waals surface area contributed by atoms with E-state index in [0.29, 0.717) is 18.8 Å². The van der Waals surface area contributed by atoms with Gasteiger partial charge < -0.3 is 14.4 Å². The molecule has 1 aromatic carbocycles. The lowest BCUT2D eigenvalue weighted by molar-refractivity contribution is -0.133. The van der Waals surface area contributed by atoms with Gasteiger partial charge in [0.25, 0.3) is 0 Å². The zero-order valence-corrected chi connectivity index (χ0v) is 16.0. The van der Waals surface area contributed by atoms with Crippen molar-refractivity contribution in [2.45, 2.75) is 46.0 Å². The number of benzene rings is 1. The normalized spacial score (nSPS) is 17.6. The summed E-state index contributed by atoms with van der Waals surface area (Å²) in [5.41, 5.74) is 4.05. The molecule has 1 aliphatic heterocycles. The van der Waals surface area contributed by atoms with Crippen LogP contribution in [0.5, 0.6) is 0 Å². The summed E-state index contributed by atoms with van der Waals surface area (Å²) >= 11 is 0. The molecule has 1 fully saturated rings. The molecule has 0 aliphatic carbocycles. The lowest BCUT2D eigenvalue weighted by Crippen LogP contribution is -2.40. The van der Waals surface area contributed by atoms with Crippen molar-refractivity contribution in [1.29, 1.82) is 0 Å². The van der Waals surface area contributed by atoms with Gasteiger partial charge in [0.15, 0.2) is 0 Å². The molecule has 0 spiro atoms. The van der Waals surface area contributed by atoms with Crippen LogP contribution in [-0.2, 0) is 17.6 Å². The third-order valence-corrected chi connectivity index (χ3v) is 5.56. The molecule has 0 bridgehead atoms. The van der Waals surface area contributed by atoms with Crippen LogP contribution < -0.4 is 0 Å². The van der Waals surface area contributed by atoms with Crippen molar-refractivity contribution < 1.29 is 9.32 Å². The number of amides is 1. The minimum atomic E-state index is 0.226. The second kappa shape index (κ2) is 7.55. The molecule has 0 radical (unpaired) electrons. The number of aromatic nitrogens is 3. The van der Waals surface area contributed by atoms with Crippen molar-refractivity contribution in [2.24, 2.45) is 5.92 Å². The lowest BCUT2D eigenvalue weighted by Gasteiger charge is -2.32. The Kier molecular flexibility index (Phi) is 4.97. The maximum Gasteiger partial charge on any atom is 0.222 e. The summed E-state index contributed by atoms with van der Waals surface area (Å²) in [6.45, 7) is 5.51. The molecule has 2 aromatic heterocycles. The van der Waals surface area contributed by atoms with E-state index in [1.165, 1.54) is 0 Å². The smallest absolute Gasteiger partial charge is 0.222 e. The van der Waals surface area contributed by atoms with Crippen LogP contribution in [0.25, 0.3) is 11.0 Å². The molecule has 27 heavy (non-hydrogen) atoms. The van der Waals surface area contributed by atoms with E-state index in [2.05, 4.69) is 21.2 Å². The molecule has 0 saturated carbocycles. The summed E-state index contributed by atoms with van der Waals surface area (Å²) in [4.78, 5) is 22.8. The van der Waals surface area contributed by atoms with Crippen molar-refractivity contribution in [2.75, 3.05) is 13.1 Å². The summed E-state index contributed by atoms with van der Waals surface area (Å²) in [5.74, 6) is 2.53. The van der Waals surface area contributed by atoms with Gasteiger partial charge in [-0.25, -0.2) is 4.98 Å². The summed E-state index contributed by atoms with van der Waals surface area (Å²) in [5, 5.41) is 3.97. The fourth-order valence-electron chi connectivity index (χ4n) is 4.08. The van der Waals surface area contributed by atoms with Crippen LogP contribution in [0.1, 0.15) is 42.1 Å². The highest BCUT2D eigenvalue weighted by molar-refractivity contribution is 5.76. The summed E-state index contributed by atoms with van der Waals surface area (Å²) in [6, 6.07) is 8.11. The molecule has 1 atom stereocenters. The van der Waals surface area contributed by atoms with Crippen LogP contribution in [-0.4, -0.2) is 39.0 Å². The molecule has 142 valence electrons. The second-order valence-electron chi connectivity index (χ2n) is 7.56. The number of aromatic amines is 1. The van der Waals surface area contributed by atoms with Crippen LogP contribution in [0.3, 0.4) is 0 Å². The fraction of sp³-hybridized carbons (Fsp3) is 0.476. The van der Waals surface area contributed by atoms with Gasteiger partial charge in [0.1, 0.15) is 11.6 Å². The number of aryl methyl sites for hydroxylation is 2. The number of carbonyl (C=O) groups excluding carboxylic acids is 1. The highest BCUT2D eigenvalue weighted by Crippen LogP contribution is 2.23. The van der Waals surface area contributed by atoms with E-state index in [4.69, 9.17) is 4.52 Å². The van der Waals surface area contributed by atoms with Gasteiger partial charge >= 0.3 is 0 Å². The Balaban J connectivity index is 1.35. The maximum atomic E-state index is 12.7. The molecule has 1 amide bonds. The number of hydrogen-bond acceptors (Lipinski definition) is 4. The Morgan fingerprint density at radius 3 is 2.96 bits per heavy atom. The Morgan fingerprint density at radius 2 is 2.19 bits per heavy atom. The van der Waals surface area contributed by atoms with Crippen LogP contribution in [0.4, 0.5) is 0 Å². The van der Waals surface area contributed by atoms with E-state index in [9.17, 15) is 4.79 Å². The van der Waals surface area contributed by atoms with E-state index in [1.807, 2.05) is 36.9 Å². The summed E-state index contributed by atoms with van der Waals surface area (Å²) < 4.78 is 5.20. The van der Waals surface area contributed by atoms with E-state index in [1.54, 1.807) is 0 Å². The number of likely N-dealkylation sites (tertiary alicyclic amines) is 1. The van der Waals surface area contributed by atoms with Gasteiger partial charge in [-0.3, -0.25) is 4.79 Å². The summed E-state index contributed by atoms with van der Waals surface area (Å²) in [7, 11) is 0. The van der Waals surface area contributed by atoms with Gasteiger partial charge in [-0.1, -0.05) is 17.3 Å². The first-order chi connectivity index (χ1) is 13.1. The molecule has 1 aliphatic rings. The standard InChI is InChI=1S/C21H26N4O2/c1-14-17(15(2)27-24-14)9-10-21(26)25-11-5-6-16(13-25)12-20-22-18-7-3-4-8-19(18)23-20/h3-4,7-8,16H,5-6,9-13H2,1-2H3,(H,22,23)/t16-/m0/s1. The lowest BCUT2D eigenvalue weighted by atomic mass is 9.94. The molecule has 3 aromatic rings. The number of piperidine rings is 1. The van der Waals surface area contributed by atoms with Crippen molar-refractivity contribution in [3.05, 3.63) is 47.1 Å². The maximum absolute atomic E-state index is 12.7. The molecule has 0 unspecified atom stereocenters. The average molecular weight is 366 g/mol. The monoisotopic (exact) mass is 366 g/mol. The van der Waals surface area contributed by atoms with E-state index in [0.717, 1.165) is 66.2 Å². The average Bonchev–Trinajstić information content (AvgIpc) is 3.22. The zero-order valence-electron chi connectivity index (χ0n) is 16.0. The topological polar surface area (TPSA) is 75.0 Å². The molecule has 1 N–H and O–H groups in total. The van der Waals surface area contributed by atoms with E-state index >= 15 is 0 Å². The quantitative estimate of drug-likeness (QED) is 0.749. The Hall–Kier alpha value is -2.63. The Bertz CT molecular complexity index is 890. The zero-order chi connectivity index (χ0) is 18.8. The number of H-pyrrole nitrogens is 1. The second-order valence-corrected chi connectivity index (χ2v) is 7.56. The van der Waals surface area contributed by atoms with Gasteiger partial charge in [-0.15, -0.1) is 0 Å². The predicted octanol–water partition coefficient (Wildman–Crippen LogP) is 3.58. The largest absolute Gasteiger partial charge is 0.361 e. The van der Waals surface area contributed by atoms with Gasteiger partial charge in [-0.05, 0) is 51.2 Å². The first-order valence-electron chi connectivity index (χ1n) is 9.73. The molecule has 6 heteroatoms. The van der Waals surface area contributed by atoms with Crippen LogP contribution in [0, 0.1) is 19.8 Å². The number of nitrogens with one attached hydrogen (secondary N) is 1. The third kappa shape index (κ3) is 3.89. The first-order valence-corrected chi connectivity index (χ1v) is 9.73. The fourth-order valence-corrected chi connectivity index (χ4v) is 4.08. The number of hydrogen-bond donors (Lipinski definition) is 1. The third-order valence-electron chi connectivity index (χ3n) is 5.56. The minimum absolute atomic E-state index is 0.226. The van der Waals surface area contributed by atoms with Gasteiger partial charge in [0.2, 0.25) is 5.91 Å². The van der Waals surface area contributed by atoms with Crippen LogP contribution >= 0.6 is 0 Å². The van der Waals surface area contributed by atoms with Crippen LogP contribution in [0.15, 0.2) is 28.8 Å². The predicted molar refractivity (Wildman–Crippen MR) is 103 cm³/mol. The minimum Gasteiger partial charge on any atom is -0.361 e. The summed E-state index contributed by atoms with van der Waals surface area (Å²) in [6.07, 6.45) is 4.31. The van der Waals surface area contributed by atoms with Gasteiger partial charge in [0.05, 0.1) is 16.7 Å². The number of fused-ring (bicyclic) bond motifs is 1. The van der Waals surface area contributed by atoms with E-state index in [-0.39, 0.29) is 5.91 Å². The van der Waals surface area contributed by atoms with Crippen molar-refractivity contribution in [3.8, 4) is 0 Å². The molecule has 6 nitrogen and oxygen atoms in total. The van der Waals surface area contributed by atoms with Gasteiger partial charge in [-0.2, -0.15) is 0 Å². The highest BCUT2D eigenvalue weighted by atomic mass is 16.5. The number of imidazole rings is 1. The number of para-hydroxylation sites is 2. The SMILES string of the molecule is Cc1noc(C)c1CCC(=O)N1CCC[C@@H](Cc2nc3ccccc3[nH]2)C1. The van der Waals surface area contributed by atoms with Crippen molar-refractivity contribution in [1.82, 2.24) is 20.0 Å². The van der Waals surface area contributed by atoms with Gasteiger partial charge in [0, 0.05) is 31.5 Å². The first kappa shape index (κ1) is 17.8. The molecule has 1 saturated heterocycles. The molecular weight excluding hydrogens is 340 g/mol. The molecule has 4 rings (SSSR count). The van der Waals surface area contributed by atoms with Crippen molar-refractivity contribution in [3.63, 3.8) is 0 Å². The van der Waals surface area contributed by atoms with E-state index < -0.39 is 0 Å². The van der Waals surface area contributed by atoms with Crippen LogP contribution in [0.2, 0.25) is 0 Å². The number of carbonyl (C=O) groups is 1. The molecular formula is C21H26N4O2. The number of nitrogens with zero attached hydrogens (tertiary/aromatic N) is 3. The van der Waals surface area contributed by atoms with Crippen molar-refractivity contribution >= 4 is 16.9 Å². The highest BCUT2D eigenvalue weighted by Gasteiger charge is 2.25.